The maximum atomic E-state index is 9.81. The average molecular weight is 693 g/mol. The first-order valence-electron chi connectivity index (χ1n) is 18.6. The molecule has 4 nitrogen and oxygen atoms in total. The standard InChI is InChI=1S/C47H64O4/c1-31-17-15-19-33(25-31)47(34-20-16-18-32(2)26-34,41-37(43(3,4)5)27-35(50-23-21-48)28-38(41)44(6,7)8)42-39(45(9,10)11)29-36(51-24-22-49)30-40(42)46(12,13)14/h15-20,25-30,48-49H,21-24H2,1-14H3. The molecule has 4 aromatic rings. The third-order valence-corrected chi connectivity index (χ3v) is 9.83. The fourth-order valence-corrected chi connectivity index (χ4v) is 7.52. The van der Waals surface area contributed by atoms with E-state index in [1.165, 1.54) is 55.6 Å². The first-order valence-corrected chi connectivity index (χ1v) is 18.6. The van der Waals surface area contributed by atoms with E-state index in [0.29, 0.717) is 0 Å². The van der Waals surface area contributed by atoms with Crippen molar-refractivity contribution < 1.29 is 19.7 Å². The molecule has 4 rings (SSSR count). The molecule has 0 fully saturated rings. The Morgan fingerprint density at radius 2 is 0.745 bits per heavy atom. The Labute approximate surface area is 309 Å². The quantitative estimate of drug-likeness (QED) is 0.162. The Morgan fingerprint density at radius 3 is 0.980 bits per heavy atom. The molecule has 0 radical (unpaired) electrons. The summed E-state index contributed by atoms with van der Waals surface area (Å²) in [6, 6.07) is 27.1. The van der Waals surface area contributed by atoms with Gasteiger partial charge in [-0.05, 0) is 104 Å². The van der Waals surface area contributed by atoms with E-state index in [1.54, 1.807) is 0 Å². The topological polar surface area (TPSA) is 58.9 Å². The molecule has 0 saturated heterocycles. The highest BCUT2D eigenvalue weighted by Gasteiger charge is 2.49. The van der Waals surface area contributed by atoms with E-state index in [4.69, 9.17) is 9.47 Å². The molecule has 276 valence electrons. The van der Waals surface area contributed by atoms with Crippen LogP contribution in [0.5, 0.6) is 11.5 Å². The monoisotopic (exact) mass is 692 g/mol. The average Bonchev–Trinajstić information content (AvgIpc) is 3.01. The van der Waals surface area contributed by atoms with Crippen LogP contribution < -0.4 is 9.47 Å². The number of aliphatic hydroxyl groups excluding tert-OH is 2. The van der Waals surface area contributed by atoms with Crippen molar-refractivity contribution in [3.8, 4) is 11.5 Å². The lowest BCUT2D eigenvalue weighted by Gasteiger charge is -2.48. The fourth-order valence-electron chi connectivity index (χ4n) is 7.52. The smallest absolute Gasteiger partial charge is 0.120 e. The van der Waals surface area contributed by atoms with Crippen LogP contribution in [0.3, 0.4) is 0 Å². The van der Waals surface area contributed by atoms with Crippen LogP contribution in [0.15, 0.2) is 72.8 Å². The van der Waals surface area contributed by atoms with Crippen LogP contribution in [0.25, 0.3) is 0 Å². The van der Waals surface area contributed by atoms with Gasteiger partial charge in [-0.3, -0.25) is 0 Å². The van der Waals surface area contributed by atoms with Crippen molar-refractivity contribution in [1.29, 1.82) is 0 Å². The minimum atomic E-state index is -0.792. The highest BCUT2D eigenvalue weighted by molar-refractivity contribution is 5.71. The predicted molar refractivity (Wildman–Crippen MR) is 214 cm³/mol. The maximum Gasteiger partial charge on any atom is 0.120 e. The van der Waals surface area contributed by atoms with Crippen molar-refractivity contribution in [1.82, 2.24) is 0 Å². The van der Waals surface area contributed by atoms with E-state index in [9.17, 15) is 10.2 Å². The number of benzene rings is 4. The molecule has 0 amide bonds. The Balaban J connectivity index is 2.55. The molecule has 0 bridgehead atoms. The van der Waals surface area contributed by atoms with Crippen molar-refractivity contribution in [3.05, 3.63) is 128 Å². The van der Waals surface area contributed by atoms with E-state index in [2.05, 4.69) is 170 Å². The summed E-state index contributed by atoms with van der Waals surface area (Å²) >= 11 is 0. The highest BCUT2D eigenvalue weighted by atomic mass is 16.5. The molecule has 4 heteroatoms. The number of hydrogen-bond acceptors (Lipinski definition) is 4. The summed E-state index contributed by atoms with van der Waals surface area (Å²) in [6.07, 6.45) is 0. The van der Waals surface area contributed by atoms with Crippen LogP contribution >= 0.6 is 0 Å². The van der Waals surface area contributed by atoms with Gasteiger partial charge in [-0.2, -0.15) is 0 Å². The number of rotatable bonds is 10. The Kier molecular flexibility index (Phi) is 11.7. The van der Waals surface area contributed by atoms with Crippen LogP contribution in [0.1, 0.15) is 139 Å². The van der Waals surface area contributed by atoms with Gasteiger partial charge in [0.05, 0.1) is 18.6 Å². The normalized spacial score (nSPS) is 13.0. The molecule has 0 aliphatic rings. The van der Waals surface area contributed by atoms with Crippen molar-refractivity contribution in [3.63, 3.8) is 0 Å². The summed E-state index contributed by atoms with van der Waals surface area (Å²) in [5.41, 5.74) is 10.2. The van der Waals surface area contributed by atoms with Crippen molar-refractivity contribution in [2.45, 2.75) is 124 Å². The van der Waals surface area contributed by atoms with Gasteiger partial charge in [-0.15, -0.1) is 0 Å². The molecule has 0 saturated carbocycles. The molecule has 0 aromatic heterocycles. The van der Waals surface area contributed by atoms with E-state index in [-0.39, 0.29) is 48.1 Å². The number of aryl methyl sites for hydroxylation is 2. The van der Waals surface area contributed by atoms with Crippen LogP contribution in [0.2, 0.25) is 0 Å². The lowest BCUT2D eigenvalue weighted by atomic mass is 9.54. The molecular weight excluding hydrogens is 629 g/mol. The molecule has 0 aliphatic carbocycles. The fraction of sp³-hybridized carbons (Fsp3) is 0.489. The van der Waals surface area contributed by atoms with Gasteiger partial charge in [0.2, 0.25) is 0 Å². The predicted octanol–water partition coefficient (Wildman–Crippen LogP) is 10.6. The Bertz CT molecular complexity index is 1610. The van der Waals surface area contributed by atoms with Gasteiger partial charge >= 0.3 is 0 Å². The van der Waals surface area contributed by atoms with Crippen LogP contribution in [0.4, 0.5) is 0 Å². The van der Waals surface area contributed by atoms with Gasteiger partial charge in [-0.25, -0.2) is 0 Å². The van der Waals surface area contributed by atoms with Crippen molar-refractivity contribution >= 4 is 0 Å². The first-order chi connectivity index (χ1) is 23.6. The molecule has 0 spiro atoms. The van der Waals surface area contributed by atoms with Gasteiger partial charge in [0, 0.05) is 0 Å². The molecule has 4 aromatic carbocycles. The Hall–Kier alpha value is -3.60. The zero-order valence-corrected chi connectivity index (χ0v) is 34.0. The Morgan fingerprint density at radius 1 is 0.451 bits per heavy atom. The van der Waals surface area contributed by atoms with Gasteiger partial charge in [0.15, 0.2) is 0 Å². The lowest BCUT2D eigenvalue weighted by molar-refractivity contribution is 0.200. The SMILES string of the molecule is Cc1cccc(C(c2cccc(C)c2)(c2c(C(C)(C)C)cc(OCCO)cc2C(C)(C)C)c2c(C(C)(C)C)cc(OCCO)cc2C(C)(C)C)c1. The van der Waals surface area contributed by atoms with E-state index in [0.717, 1.165) is 11.5 Å². The highest BCUT2D eigenvalue weighted by Crippen LogP contribution is 2.57. The molecule has 0 atom stereocenters. The zero-order chi connectivity index (χ0) is 38.2. The van der Waals surface area contributed by atoms with Crippen LogP contribution in [-0.2, 0) is 27.1 Å². The lowest BCUT2D eigenvalue weighted by Crippen LogP contribution is -2.41. The molecule has 0 heterocycles. The molecule has 51 heavy (non-hydrogen) atoms. The third-order valence-electron chi connectivity index (χ3n) is 9.83. The molecule has 2 N–H and O–H groups in total. The van der Waals surface area contributed by atoms with Gasteiger partial charge in [-0.1, -0.05) is 143 Å². The zero-order valence-electron chi connectivity index (χ0n) is 34.0. The number of hydrogen-bond donors (Lipinski definition) is 2. The van der Waals surface area contributed by atoms with Gasteiger partial charge in [0.1, 0.15) is 24.7 Å². The second kappa shape index (κ2) is 14.8. The van der Waals surface area contributed by atoms with Crippen molar-refractivity contribution in [2.24, 2.45) is 0 Å². The molecule has 0 aliphatic heterocycles. The summed E-state index contributed by atoms with van der Waals surface area (Å²) in [6.45, 7) is 32.3. The van der Waals surface area contributed by atoms with Gasteiger partial charge in [0.25, 0.3) is 0 Å². The second-order valence-corrected chi connectivity index (χ2v) is 18.4. The summed E-state index contributed by atoms with van der Waals surface area (Å²) in [4.78, 5) is 0. The summed E-state index contributed by atoms with van der Waals surface area (Å²) in [5.74, 6) is 1.54. The summed E-state index contributed by atoms with van der Waals surface area (Å²) in [7, 11) is 0. The minimum Gasteiger partial charge on any atom is -0.491 e. The number of ether oxygens (including phenoxy) is 2. The second-order valence-electron chi connectivity index (χ2n) is 18.4. The maximum absolute atomic E-state index is 9.81. The van der Waals surface area contributed by atoms with E-state index in [1.807, 2.05) is 0 Å². The van der Waals surface area contributed by atoms with Crippen LogP contribution in [-0.4, -0.2) is 36.6 Å². The van der Waals surface area contributed by atoms with Crippen molar-refractivity contribution in [2.75, 3.05) is 26.4 Å². The largest absolute Gasteiger partial charge is 0.491 e. The van der Waals surface area contributed by atoms with Gasteiger partial charge < -0.3 is 19.7 Å². The third kappa shape index (κ3) is 8.39. The van der Waals surface area contributed by atoms with E-state index < -0.39 is 5.41 Å². The molecular formula is C47H64O4. The molecule has 0 unspecified atom stereocenters. The first kappa shape index (κ1) is 40.2. The number of aliphatic hydroxyl groups is 2. The minimum absolute atomic E-state index is 0.0530. The summed E-state index contributed by atoms with van der Waals surface area (Å²) < 4.78 is 12.5. The summed E-state index contributed by atoms with van der Waals surface area (Å²) in [5, 5.41) is 19.6. The van der Waals surface area contributed by atoms with Crippen LogP contribution in [0, 0.1) is 13.8 Å². The van der Waals surface area contributed by atoms with E-state index >= 15 is 0 Å².